The first-order valence-corrected chi connectivity index (χ1v) is 5.57. The number of amides is 2. The molecule has 5 heteroatoms. The van der Waals surface area contributed by atoms with Crippen LogP contribution in [0.2, 0.25) is 0 Å². The number of benzene rings is 1. The first kappa shape index (κ1) is 10.3. The Labute approximate surface area is 98.4 Å². The molecule has 0 aliphatic carbocycles. The molecule has 0 radical (unpaired) electrons. The Bertz CT molecular complexity index is 514. The van der Waals surface area contributed by atoms with Crippen molar-refractivity contribution in [2.24, 2.45) is 5.73 Å². The third kappa shape index (κ3) is 1.29. The van der Waals surface area contributed by atoms with Gasteiger partial charge in [-0.15, -0.1) is 0 Å². The number of nitrogens with one attached hydrogen (secondary N) is 2. The molecule has 3 rings (SSSR count). The van der Waals surface area contributed by atoms with E-state index in [1.165, 1.54) is 0 Å². The van der Waals surface area contributed by atoms with Gasteiger partial charge in [0.15, 0.2) is 0 Å². The van der Waals surface area contributed by atoms with Gasteiger partial charge in [-0.2, -0.15) is 0 Å². The molecule has 1 saturated heterocycles. The Morgan fingerprint density at radius 3 is 2.88 bits per heavy atom. The van der Waals surface area contributed by atoms with E-state index in [-0.39, 0.29) is 5.91 Å². The van der Waals surface area contributed by atoms with E-state index >= 15 is 0 Å². The molecule has 0 unspecified atom stereocenters. The number of rotatable bonds is 1. The van der Waals surface area contributed by atoms with E-state index in [9.17, 15) is 9.59 Å². The summed E-state index contributed by atoms with van der Waals surface area (Å²) in [6.07, 6.45) is 0.436. The fraction of sp³-hybridized carbons (Fsp3) is 0.333. The van der Waals surface area contributed by atoms with Crippen LogP contribution in [0.15, 0.2) is 24.3 Å². The van der Waals surface area contributed by atoms with Crippen molar-refractivity contribution in [1.82, 2.24) is 5.32 Å². The van der Waals surface area contributed by atoms with Gasteiger partial charge in [0.2, 0.25) is 11.8 Å². The number of anilines is 1. The minimum absolute atomic E-state index is 0.0463. The predicted molar refractivity (Wildman–Crippen MR) is 62.4 cm³/mol. The van der Waals surface area contributed by atoms with Gasteiger partial charge in [0.1, 0.15) is 0 Å². The Morgan fingerprint density at radius 1 is 1.41 bits per heavy atom. The predicted octanol–water partition coefficient (Wildman–Crippen LogP) is -0.276. The quantitative estimate of drug-likeness (QED) is 0.621. The summed E-state index contributed by atoms with van der Waals surface area (Å²) in [4.78, 5) is 23.3. The second kappa shape index (κ2) is 3.30. The fourth-order valence-electron chi connectivity index (χ4n) is 2.74. The topological polar surface area (TPSA) is 84.2 Å². The lowest BCUT2D eigenvalue weighted by Gasteiger charge is -2.19. The molecule has 1 aromatic rings. The number of hydrogen-bond acceptors (Lipinski definition) is 3. The largest absolute Gasteiger partial charge is 0.368 e. The van der Waals surface area contributed by atoms with Gasteiger partial charge in [0.05, 0.1) is 11.5 Å². The van der Waals surface area contributed by atoms with Crippen LogP contribution in [-0.4, -0.2) is 24.4 Å². The molecule has 2 atom stereocenters. The average Bonchev–Trinajstić information content (AvgIpc) is 2.85. The minimum Gasteiger partial charge on any atom is -0.368 e. The zero-order chi connectivity index (χ0) is 12.0. The molecular weight excluding hydrogens is 218 g/mol. The van der Waals surface area contributed by atoms with Crippen molar-refractivity contribution in [3.05, 3.63) is 29.8 Å². The van der Waals surface area contributed by atoms with Gasteiger partial charge in [-0.25, -0.2) is 0 Å². The summed E-state index contributed by atoms with van der Waals surface area (Å²) in [6, 6.07) is 7.16. The van der Waals surface area contributed by atoms with Crippen molar-refractivity contribution in [3.8, 4) is 0 Å². The monoisotopic (exact) mass is 231 g/mol. The minimum atomic E-state index is -0.629. The van der Waals surface area contributed by atoms with Crippen LogP contribution in [0.4, 0.5) is 5.69 Å². The second-order valence-corrected chi connectivity index (χ2v) is 4.62. The van der Waals surface area contributed by atoms with E-state index in [0.717, 1.165) is 11.3 Å². The molecule has 2 aliphatic heterocycles. The smallest absolute Gasteiger partial charge is 0.236 e. The molecule has 1 aromatic carbocycles. The van der Waals surface area contributed by atoms with Crippen molar-refractivity contribution < 1.29 is 9.59 Å². The Morgan fingerprint density at radius 2 is 2.18 bits per heavy atom. The van der Waals surface area contributed by atoms with Crippen LogP contribution in [-0.2, 0) is 15.0 Å². The van der Waals surface area contributed by atoms with Crippen LogP contribution in [0.5, 0.6) is 0 Å². The number of nitrogens with two attached hydrogens (primary N) is 1. The summed E-state index contributed by atoms with van der Waals surface area (Å²) >= 11 is 0. The summed E-state index contributed by atoms with van der Waals surface area (Å²) in [5.41, 5.74) is 6.45. The molecule has 5 nitrogen and oxygen atoms in total. The molecule has 1 fully saturated rings. The number of carbonyl (C=O) groups excluding carboxylic acids is 2. The molecular formula is C12H13N3O2. The lowest BCUT2D eigenvalue weighted by atomic mass is 9.79. The standard InChI is InChI=1S/C12H13N3O2/c13-10(16)9-5-12(6-14-9)7-3-1-2-4-8(7)15-11(12)17/h1-4,9,14H,5-6H2,(H2,13,16)(H,15,17)/t9-,12-/m0/s1. The van der Waals surface area contributed by atoms with Gasteiger partial charge >= 0.3 is 0 Å². The Hall–Kier alpha value is -1.88. The summed E-state index contributed by atoms with van der Waals surface area (Å²) in [7, 11) is 0. The van der Waals surface area contributed by atoms with Gasteiger partial charge in [-0.1, -0.05) is 18.2 Å². The number of carbonyl (C=O) groups is 2. The molecule has 0 bridgehead atoms. The third-order valence-electron chi connectivity index (χ3n) is 3.67. The molecule has 17 heavy (non-hydrogen) atoms. The zero-order valence-electron chi connectivity index (χ0n) is 9.19. The molecule has 4 N–H and O–H groups in total. The van der Waals surface area contributed by atoms with Gasteiger partial charge in [0.25, 0.3) is 0 Å². The van der Waals surface area contributed by atoms with Crippen molar-refractivity contribution in [1.29, 1.82) is 0 Å². The molecule has 0 saturated carbocycles. The zero-order valence-corrected chi connectivity index (χ0v) is 9.19. The lowest BCUT2D eigenvalue weighted by molar-refractivity contribution is -0.120. The SMILES string of the molecule is NC(=O)[C@@H]1C[C@@]2(CN1)C(=O)Nc1ccccc12. The second-order valence-electron chi connectivity index (χ2n) is 4.62. The van der Waals surface area contributed by atoms with E-state index in [0.29, 0.717) is 13.0 Å². The van der Waals surface area contributed by atoms with Gasteiger partial charge < -0.3 is 16.4 Å². The molecule has 0 aromatic heterocycles. The van der Waals surface area contributed by atoms with E-state index < -0.39 is 17.4 Å². The molecule has 2 amide bonds. The number of fused-ring (bicyclic) bond motifs is 2. The first-order chi connectivity index (χ1) is 8.13. The van der Waals surface area contributed by atoms with Crippen molar-refractivity contribution >= 4 is 17.5 Å². The Balaban J connectivity index is 2.04. The first-order valence-electron chi connectivity index (χ1n) is 5.57. The summed E-state index contributed by atoms with van der Waals surface area (Å²) in [6.45, 7) is 0.462. The maximum absolute atomic E-state index is 12.1. The molecule has 1 spiro atoms. The highest BCUT2D eigenvalue weighted by Crippen LogP contribution is 2.43. The van der Waals surface area contributed by atoms with Crippen molar-refractivity contribution in [3.63, 3.8) is 0 Å². The van der Waals surface area contributed by atoms with Crippen LogP contribution in [0.25, 0.3) is 0 Å². The normalized spacial score (nSPS) is 30.4. The Kier molecular flexibility index (Phi) is 2.00. The average molecular weight is 231 g/mol. The number of para-hydroxylation sites is 1. The van der Waals surface area contributed by atoms with E-state index in [2.05, 4.69) is 10.6 Å². The maximum Gasteiger partial charge on any atom is 0.236 e. The highest BCUT2D eigenvalue weighted by Gasteiger charge is 2.52. The molecule has 2 aliphatic rings. The van der Waals surface area contributed by atoms with Gasteiger partial charge in [0, 0.05) is 12.2 Å². The highest BCUT2D eigenvalue weighted by molar-refractivity contribution is 6.07. The van der Waals surface area contributed by atoms with Crippen LogP contribution in [0.3, 0.4) is 0 Å². The number of primary amides is 1. The summed E-state index contributed by atoms with van der Waals surface area (Å²) in [5, 5.41) is 5.88. The highest BCUT2D eigenvalue weighted by atomic mass is 16.2. The lowest BCUT2D eigenvalue weighted by Crippen LogP contribution is -2.36. The van der Waals surface area contributed by atoms with Crippen LogP contribution in [0.1, 0.15) is 12.0 Å². The molecule has 88 valence electrons. The summed E-state index contributed by atoms with van der Waals surface area (Å²) < 4.78 is 0. The molecule has 2 heterocycles. The maximum atomic E-state index is 12.1. The van der Waals surface area contributed by atoms with Crippen molar-refractivity contribution in [2.75, 3.05) is 11.9 Å². The van der Waals surface area contributed by atoms with Gasteiger partial charge in [-0.05, 0) is 18.1 Å². The van der Waals surface area contributed by atoms with E-state index in [1.807, 2.05) is 24.3 Å². The van der Waals surface area contributed by atoms with Crippen LogP contribution >= 0.6 is 0 Å². The third-order valence-corrected chi connectivity index (χ3v) is 3.67. The number of hydrogen-bond donors (Lipinski definition) is 3. The van der Waals surface area contributed by atoms with E-state index in [4.69, 9.17) is 5.73 Å². The summed E-state index contributed by atoms with van der Waals surface area (Å²) in [5.74, 6) is -0.450. The van der Waals surface area contributed by atoms with Crippen LogP contribution < -0.4 is 16.4 Å². The van der Waals surface area contributed by atoms with Gasteiger partial charge in [-0.3, -0.25) is 9.59 Å². The fourth-order valence-corrected chi connectivity index (χ4v) is 2.74. The van der Waals surface area contributed by atoms with E-state index in [1.54, 1.807) is 0 Å². The van der Waals surface area contributed by atoms with Crippen LogP contribution in [0, 0.1) is 0 Å². The van der Waals surface area contributed by atoms with Crippen molar-refractivity contribution in [2.45, 2.75) is 17.9 Å².